The number of halogens is 3. The summed E-state index contributed by atoms with van der Waals surface area (Å²) in [6.45, 7) is -0.979. The maximum atomic E-state index is 13.2. The van der Waals surface area contributed by atoms with Crippen molar-refractivity contribution in [2.75, 3.05) is 18.4 Å². The fourth-order valence-electron chi connectivity index (χ4n) is 1.20. The number of carbonyl (C=O) groups is 3. The summed E-state index contributed by atoms with van der Waals surface area (Å²) in [5.41, 5.74) is 0.134. The highest BCUT2D eigenvalue weighted by atomic mass is 35.5. The molecule has 21 heavy (non-hydrogen) atoms. The summed E-state index contributed by atoms with van der Waals surface area (Å²) in [4.78, 5) is 32.8. The van der Waals surface area contributed by atoms with Gasteiger partial charge in [0.25, 0.3) is 0 Å². The summed E-state index contributed by atoms with van der Waals surface area (Å²) in [7, 11) is 0. The van der Waals surface area contributed by atoms with Crippen LogP contribution in [0.4, 0.5) is 14.9 Å². The van der Waals surface area contributed by atoms with Gasteiger partial charge in [0, 0.05) is 5.69 Å². The van der Waals surface area contributed by atoms with E-state index < -0.39 is 36.8 Å². The highest BCUT2D eigenvalue weighted by molar-refractivity contribution is 6.35. The molecule has 0 unspecified atom stereocenters. The van der Waals surface area contributed by atoms with Gasteiger partial charge in [-0.1, -0.05) is 23.2 Å². The highest BCUT2D eigenvalue weighted by Crippen LogP contribution is 2.27. The number of anilines is 1. The minimum atomic E-state index is -1.21. The number of hydrogen-bond acceptors (Lipinski definition) is 3. The molecule has 0 radical (unpaired) electrons. The summed E-state index contributed by atoms with van der Waals surface area (Å²) in [6, 6.07) is 1.53. The zero-order valence-electron chi connectivity index (χ0n) is 10.4. The zero-order valence-corrected chi connectivity index (χ0v) is 11.9. The van der Waals surface area contributed by atoms with Gasteiger partial charge in [-0.15, -0.1) is 0 Å². The monoisotopic (exact) mass is 337 g/mol. The lowest BCUT2D eigenvalue weighted by Crippen LogP contribution is -2.40. The molecule has 1 rings (SSSR count). The van der Waals surface area contributed by atoms with Crippen molar-refractivity contribution in [3.05, 3.63) is 28.0 Å². The standard InChI is InChI=1S/C11H10Cl2FN3O4/c12-6-1-5(2-7(13)10(6)14)17-11(21)16-3-8(18)15-4-9(19)20/h1-2H,3-4H2,(H,15,18)(H,19,20)(H2,16,17,21). The molecule has 0 aromatic heterocycles. The predicted octanol–water partition coefficient (Wildman–Crippen LogP) is 1.45. The third-order valence-electron chi connectivity index (χ3n) is 2.09. The Labute approximate surface area is 128 Å². The van der Waals surface area contributed by atoms with Crippen molar-refractivity contribution in [1.29, 1.82) is 0 Å². The molecule has 0 saturated carbocycles. The fourth-order valence-corrected chi connectivity index (χ4v) is 1.69. The second-order valence-corrected chi connectivity index (χ2v) is 4.55. The number of aliphatic carboxylic acids is 1. The van der Waals surface area contributed by atoms with Crippen molar-refractivity contribution in [2.45, 2.75) is 0 Å². The molecule has 3 amide bonds. The van der Waals surface area contributed by atoms with Gasteiger partial charge in [-0.3, -0.25) is 9.59 Å². The Bertz CT molecular complexity index is 560. The number of carboxylic acid groups (broad SMARTS) is 1. The van der Waals surface area contributed by atoms with E-state index in [1.54, 1.807) is 0 Å². The van der Waals surface area contributed by atoms with Gasteiger partial charge in [0.1, 0.15) is 6.54 Å². The molecule has 114 valence electrons. The van der Waals surface area contributed by atoms with Crippen LogP contribution < -0.4 is 16.0 Å². The first-order chi connectivity index (χ1) is 9.79. The number of benzene rings is 1. The molecule has 0 bridgehead atoms. The van der Waals surface area contributed by atoms with Gasteiger partial charge in [0.15, 0.2) is 5.82 Å². The van der Waals surface area contributed by atoms with E-state index in [0.29, 0.717) is 0 Å². The molecule has 1 aromatic carbocycles. The van der Waals surface area contributed by atoms with Crippen molar-refractivity contribution in [2.24, 2.45) is 0 Å². The van der Waals surface area contributed by atoms with Gasteiger partial charge in [-0.05, 0) is 12.1 Å². The Morgan fingerprint density at radius 3 is 2.19 bits per heavy atom. The molecule has 0 atom stereocenters. The molecule has 0 fully saturated rings. The van der Waals surface area contributed by atoms with Crippen LogP contribution >= 0.6 is 23.2 Å². The minimum Gasteiger partial charge on any atom is -0.480 e. The third kappa shape index (κ3) is 5.84. The van der Waals surface area contributed by atoms with Gasteiger partial charge in [0.2, 0.25) is 5.91 Å². The van der Waals surface area contributed by atoms with Gasteiger partial charge in [0.05, 0.1) is 16.6 Å². The molecule has 1 aromatic rings. The van der Waals surface area contributed by atoms with Crippen LogP contribution in [0.1, 0.15) is 0 Å². The van der Waals surface area contributed by atoms with Gasteiger partial charge < -0.3 is 21.1 Å². The first kappa shape index (κ1) is 17.0. The molecule has 0 aliphatic carbocycles. The molecule has 4 N–H and O–H groups in total. The smallest absolute Gasteiger partial charge is 0.322 e. The highest BCUT2D eigenvalue weighted by Gasteiger charge is 2.10. The summed E-state index contributed by atoms with van der Waals surface area (Å²) < 4.78 is 13.2. The molecule has 10 heteroatoms. The van der Waals surface area contributed by atoms with E-state index in [4.69, 9.17) is 28.3 Å². The van der Waals surface area contributed by atoms with E-state index in [-0.39, 0.29) is 15.7 Å². The van der Waals surface area contributed by atoms with Crippen LogP contribution in [0.2, 0.25) is 10.0 Å². The number of amides is 3. The van der Waals surface area contributed by atoms with E-state index in [2.05, 4.69) is 16.0 Å². The lowest BCUT2D eigenvalue weighted by Gasteiger charge is -2.09. The maximum Gasteiger partial charge on any atom is 0.322 e. The molecule has 0 spiro atoms. The van der Waals surface area contributed by atoms with E-state index in [0.717, 1.165) is 12.1 Å². The number of hydrogen-bond donors (Lipinski definition) is 4. The van der Waals surface area contributed by atoms with Crippen LogP contribution in [0, 0.1) is 5.82 Å². The molecular formula is C11H10Cl2FN3O4. The van der Waals surface area contributed by atoms with Gasteiger partial charge in [-0.25, -0.2) is 9.18 Å². The number of nitrogens with one attached hydrogen (secondary N) is 3. The quantitative estimate of drug-likeness (QED) is 0.610. The first-order valence-corrected chi connectivity index (χ1v) is 6.23. The van der Waals surface area contributed by atoms with E-state index >= 15 is 0 Å². The van der Waals surface area contributed by atoms with E-state index in [1.165, 1.54) is 0 Å². The molecule has 0 aliphatic rings. The summed E-state index contributed by atoms with van der Waals surface area (Å²) in [5, 5.41) is 14.3. The van der Waals surface area contributed by atoms with Crippen LogP contribution in [-0.4, -0.2) is 36.1 Å². The summed E-state index contributed by atoms with van der Waals surface area (Å²) in [6.07, 6.45) is 0. The van der Waals surface area contributed by atoms with Crippen LogP contribution in [0.5, 0.6) is 0 Å². The number of rotatable bonds is 5. The maximum absolute atomic E-state index is 13.2. The SMILES string of the molecule is O=C(O)CNC(=O)CNC(=O)Nc1cc(Cl)c(F)c(Cl)c1. The van der Waals surface area contributed by atoms with Crippen molar-refractivity contribution in [1.82, 2.24) is 10.6 Å². The normalized spacial score (nSPS) is 9.86. The minimum absolute atomic E-state index is 0.134. The first-order valence-electron chi connectivity index (χ1n) is 5.47. The van der Waals surface area contributed by atoms with E-state index in [1.807, 2.05) is 0 Å². The lowest BCUT2D eigenvalue weighted by molar-refractivity contribution is -0.137. The van der Waals surface area contributed by atoms with Crippen LogP contribution in [0.25, 0.3) is 0 Å². The lowest BCUT2D eigenvalue weighted by atomic mass is 10.3. The van der Waals surface area contributed by atoms with Crippen LogP contribution in [-0.2, 0) is 9.59 Å². The predicted molar refractivity (Wildman–Crippen MR) is 74.1 cm³/mol. The molecular weight excluding hydrogens is 328 g/mol. The van der Waals surface area contributed by atoms with E-state index in [9.17, 15) is 18.8 Å². The zero-order chi connectivity index (χ0) is 16.0. The van der Waals surface area contributed by atoms with Crippen molar-refractivity contribution in [3.8, 4) is 0 Å². The Kier molecular flexibility index (Phi) is 6.19. The average Bonchev–Trinajstić information content (AvgIpc) is 2.40. The summed E-state index contributed by atoms with van der Waals surface area (Å²) >= 11 is 11.1. The van der Waals surface area contributed by atoms with Crippen molar-refractivity contribution in [3.63, 3.8) is 0 Å². The second-order valence-electron chi connectivity index (χ2n) is 3.73. The Morgan fingerprint density at radius 1 is 1.10 bits per heavy atom. The number of carbonyl (C=O) groups excluding carboxylic acids is 2. The molecule has 0 saturated heterocycles. The molecule has 0 heterocycles. The van der Waals surface area contributed by atoms with Crippen LogP contribution in [0.15, 0.2) is 12.1 Å². The Morgan fingerprint density at radius 2 is 1.67 bits per heavy atom. The van der Waals surface area contributed by atoms with Gasteiger partial charge >= 0.3 is 12.0 Å². The molecule has 0 aliphatic heterocycles. The van der Waals surface area contributed by atoms with Crippen molar-refractivity contribution >= 4 is 46.8 Å². The number of urea groups is 1. The number of carboxylic acids is 1. The van der Waals surface area contributed by atoms with Crippen LogP contribution in [0.3, 0.4) is 0 Å². The second kappa shape index (κ2) is 7.65. The largest absolute Gasteiger partial charge is 0.480 e. The molecule has 7 nitrogen and oxygen atoms in total. The van der Waals surface area contributed by atoms with Gasteiger partial charge in [-0.2, -0.15) is 0 Å². The third-order valence-corrected chi connectivity index (χ3v) is 2.64. The summed E-state index contributed by atoms with van der Waals surface area (Å²) in [5.74, 6) is -2.69. The Balaban J connectivity index is 2.47. The van der Waals surface area contributed by atoms with Crippen molar-refractivity contribution < 1.29 is 23.9 Å². The topological polar surface area (TPSA) is 108 Å². The average molecular weight is 338 g/mol. The Hall–Kier alpha value is -2.06. The fraction of sp³-hybridized carbons (Fsp3) is 0.182.